The second kappa shape index (κ2) is 5.01. The van der Waals surface area contributed by atoms with Gasteiger partial charge in [-0.1, -0.05) is 12.1 Å². The predicted molar refractivity (Wildman–Crippen MR) is 69.1 cm³/mol. The highest BCUT2D eigenvalue weighted by Gasteiger charge is 2.12. The summed E-state index contributed by atoms with van der Waals surface area (Å²) < 4.78 is 1.36. The van der Waals surface area contributed by atoms with E-state index < -0.39 is 4.92 Å². The molecule has 0 aliphatic heterocycles. The summed E-state index contributed by atoms with van der Waals surface area (Å²) in [6.07, 6.45) is 0.167. The summed E-state index contributed by atoms with van der Waals surface area (Å²) in [6.45, 7) is 3.64. The molecule has 6 nitrogen and oxygen atoms in total. The van der Waals surface area contributed by atoms with Crippen LogP contribution >= 0.6 is 0 Å². The lowest BCUT2D eigenvalue weighted by atomic mass is 10.1. The Morgan fingerprint density at radius 3 is 2.42 bits per heavy atom. The molecule has 1 aromatic heterocycles. The summed E-state index contributed by atoms with van der Waals surface area (Å²) >= 11 is 0. The first-order valence-corrected chi connectivity index (χ1v) is 5.77. The maximum atomic E-state index is 12.0. The first kappa shape index (κ1) is 12.9. The molecule has 98 valence electrons. The maximum Gasteiger partial charge on any atom is 0.269 e. The van der Waals surface area contributed by atoms with Gasteiger partial charge in [0, 0.05) is 17.8 Å². The van der Waals surface area contributed by atoms with Crippen LogP contribution in [-0.4, -0.2) is 20.6 Å². The molecule has 0 atom stereocenters. The van der Waals surface area contributed by atoms with E-state index in [9.17, 15) is 14.9 Å². The zero-order valence-electron chi connectivity index (χ0n) is 10.7. The van der Waals surface area contributed by atoms with Gasteiger partial charge >= 0.3 is 0 Å². The van der Waals surface area contributed by atoms with E-state index in [-0.39, 0.29) is 18.0 Å². The van der Waals surface area contributed by atoms with Crippen molar-refractivity contribution in [1.29, 1.82) is 0 Å². The number of hydrogen-bond donors (Lipinski definition) is 0. The average Bonchev–Trinajstić information content (AvgIpc) is 2.69. The van der Waals surface area contributed by atoms with Crippen LogP contribution in [0, 0.1) is 24.0 Å². The first-order valence-electron chi connectivity index (χ1n) is 5.77. The van der Waals surface area contributed by atoms with Crippen LogP contribution < -0.4 is 0 Å². The van der Waals surface area contributed by atoms with E-state index in [1.807, 2.05) is 19.9 Å². The van der Waals surface area contributed by atoms with Crippen LogP contribution in [0.2, 0.25) is 0 Å². The Morgan fingerprint density at radius 2 is 1.95 bits per heavy atom. The second-order valence-corrected chi connectivity index (χ2v) is 4.33. The number of hydrogen-bond acceptors (Lipinski definition) is 4. The van der Waals surface area contributed by atoms with E-state index in [1.165, 1.54) is 16.8 Å². The number of nitrogens with zero attached hydrogens (tertiary/aromatic N) is 3. The molecule has 1 heterocycles. The third-order valence-electron chi connectivity index (χ3n) is 2.75. The van der Waals surface area contributed by atoms with Crippen LogP contribution in [0.5, 0.6) is 0 Å². The summed E-state index contributed by atoms with van der Waals surface area (Å²) in [5.41, 5.74) is 2.31. The van der Waals surface area contributed by atoms with Crippen LogP contribution in [0.4, 0.5) is 5.69 Å². The van der Waals surface area contributed by atoms with Crippen molar-refractivity contribution in [2.75, 3.05) is 0 Å². The van der Waals surface area contributed by atoms with E-state index in [1.54, 1.807) is 12.1 Å². The van der Waals surface area contributed by atoms with Crippen LogP contribution in [0.3, 0.4) is 0 Å². The van der Waals surface area contributed by atoms with Gasteiger partial charge in [0.25, 0.3) is 11.6 Å². The lowest BCUT2D eigenvalue weighted by molar-refractivity contribution is -0.384. The van der Waals surface area contributed by atoms with Gasteiger partial charge in [-0.05, 0) is 25.5 Å². The topological polar surface area (TPSA) is 78.0 Å². The van der Waals surface area contributed by atoms with E-state index in [2.05, 4.69) is 5.10 Å². The van der Waals surface area contributed by atoms with Crippen molar-refractivity contribution in [3.8, 4) is 0 Å². The fourth-order valence-electron chi connectivity index (χ4n) is 1.87. The van der Waals surface area contributed by atoms with E-state index in [0.29, 0.717) is 0 Å². The van der Waals surface area contributed by atoms with Crippen molar-refractivity contribution >= 4 is 11.6 Å². The molecule has 2 aromatic rings. The lowest BCUT2D eigenvalue weighted by Crippen LogP contribution is -2.16. The zero-order chi connectivity index (χ0) is 14.0. The number of carbonyl (C=O) groups is 1. The molecule has 0 radical (unpaired) electrons. The highest BCUT2D eigenvalue weighted by atomic mass is 16.6. The van der Waals surface area contributed by atoms with Gasteiger partial charge < -0.3 is 0 Å². The van der Waals surface area contributed by atoms with Gasteiger partial charge in [-0.2, -0.15) is 5.10 Å². The number of non-ortho nitro benzene ring substituents is 1. The predicted octanol–water partition coefficient (Wildman–Crippen LogP) is 2.29. The summed E-state index contributed by atoms with van der Waals surface area (Å²) in [7, 11) is 0. The van der Waals surface area contributed by atoms with Gasteiger partial charge in [-0.15, -0.1) is 0 Å². The molecule has 0 saturated heterocycles. The summed E-state index contributed by atoms with van der Waals surface area (Å²) in [6, 6.07) is 7.78. The van der Waals surface area contributed by atoms with Gasteiger partial charge in [0.05, 0.1) is 17.0 Å². The Hall–Kier alpha value is -2.50. The maximum absolute atomic E-state index is 12.0. The number of aromatic nitrogens is 2. The number of carbonyl (C=O) groups excluding carboxylic acids is 1. The van der Waals surface area contributed by atoms with Crippen molar-refractivity contribution in [3.05, 3.63) is 57.4 Å². The smallest absolute Gasteiger partial charge is 0.269 e. The highest BCUT2D eigenvalue weighted by Crippen LogP contribution is 2.13. The zero-order valence-corrected chi connectivity index (χ0v) is 10.7. The molecule has 0 saturated carbocycles. The molecular formula is C13H13N3O3. The van der Waals surface area contributed by atoms with Crippen molar-refractivity contribution < 1.29 is 9.72 Å². The molecule has 0 N–H and O–H groups in total. The van der Waals surface area contributed by atoms with Gasteiger partial charge in [0.2, 0.25) is 0 Å². The Kier molecular flexibility index (Phi) is 3.41. The minimum Gasteiger partial charge on any atom is -0.272 e. The number of aryl methyl sites for hydroxylation is 2. The van der Waals surface area contributed by atoms with Crippen molar-refractivity contribution in [2.45, 2.75) is 20.3 Å². The molecule has 0 bridgehead atoms. The SMILES string of the molecule is Cc1cc(C)n(C(=O)Cc2ccc([N+](=O)[O-])cc2)n1. The largest absolute Gasteiger partial charge is 0.272 e. The van der Waals surface area contributed by atoms with Gasteiger partial charge in [-0.25, -0.2) is 4.68 Å². The second-order valence-electron chi connectivity index (χ2n) is 4.33. The molecule has 1 aromatic carbocycles. The van der Waals surface area contributed by atoms with E-state index in [4.69, 9.17) is 0 Å². The molecule has 2 rings (SSSR count). The number of benzene rings is 1. The summed E-state index contributed by atoms with van der Waals surface area (Å²) in [5, 5.41) is 14.6. The normalized spacial score (nSPS) is 10.4. The third-order valence-corrected chi connectivity index (χ3v) is 2.75. The molecule has 0 aliphatic carbocycles. The molecule has 6 heteroatoms. The van der Waals surface area contributed by atoms with E-state index in [0.717, 1.165) is 17.0 Å². The standard InChI is InChI=1S/C13H13N3O3/c1-9-7-10(2)15(14-9)13(17)8-11-3-5-12(6-4-11)16(18)19/h3-7H,8H2,1-2H3. The lowest BCUT2D eigenvalue weighted by Gasteiger charge is -2.03. The molecular weight excluding hydrogens is 246 g/mol. The number of rotatable bonds is 3. The third kappa shape index (κ3) is 2.85. The Morgan fingerprint density at radius 1 is 1.32 bits per heavy atom. The highest BCUT2D eigenvalue weighted by molar-refractivity contribution is 5.81. The van der Waals surface area contributed by atoms with E-state index >= 15 is 0 Å². The minimum atomic E-state index is -0.466. The fraction of sp³-hybridized carbons (Fsp3) is 0.231. The van der Waals surface area contributed by atoms with Crippen molar-refractivity contribution in [3.63, 3.8) is 0 Å². The quantitative estimate of drug-likeness (QED) is 0.625. The first-order chi connectivity index (χ1) is 8.97. The van der Waals surface area contributed by atoms with Crippen molar-refractivity contribution in [2.24, 2.45) is 0 Å². The molecule has 0 amide bonds. The molecule has 19 heavy (non-hydrogen) atoms. The van der Waals surface area contributed by atoms with Crippen LogP contribution in [0.15, 0.2) is 30.3 Å². The molecule has 0 unspecified atom stereocenters. The molecule has 0 fully saturated rings. The summed E-state index contributed by atoms with van der Waals surface area (Å²) in [4.78, 5) is 22.1. The monoisotopic (exact) mass is 259 g/mol. The Balaban J connectivity index is 2.15. The molecule has 0 aliphatic rings. The van der Waals surface area contributed by atoms with Crippen LogP contribution in [0.1, 0.15) is 21.7 Å². The fourth-order valence-corrected chi connectivity index (χ4v) is 1.87. The molecule has 0 spiro atoms. The minimum absolute atomic E-state index is 0.0160. The summed E-state index contributed by atoms with van der Waals surface area (Å²) in [5.74, 6) is -0.153. The number of nitro groups is 1. The van der Waals surface area contributed by atoms with Crippen LogP contribution in [-0.2, 0) is 6.42 Å². The van der Waals surface area contributed by atoms with Crippen LogP contribution in [0.25, 0.3) is 0 Å². The van der Waals surface area contributed by atoms with Crippen molar-refractivity contribution in [1.82, 2.24) is 9.78 Å². The van der Waals surface area contributed by atoms with Gasteiger partial charge in [0.1, 0.15) is 0 Å². The number of nitro benzene ring substituents is 1. The average molecular weight is 259 g/mol. The Labute approximate surface area is 109 Å². The van der Waals surface area contributed by atoms with Gasteiger partial charge in [0.15, 0.2) is 0 Å². The Bertz CT molecular complexity index is 629. The van der Waals surface area contributed by atoms with Gasteiger partial charge in [-0.3, -0.25) is 14.9 Å².